The van der Waals surface area contributed by atoms with E-state index < -0.39 is 21.9 Å². The maximum Gasteiger partial charge on any atom is 0.264 e. The lowest BCUT2D eigenvalue weighted by Crippen LogP contribution is -2.43. The molecule has 0 aromatic heterocycles. The first-order valence-corrected chi connectivity index (χ1v) is 9.68. The van der Waals surface area contributed by atoms with Crippen molar-refractivity contribution < 1.29 is 17.6 Å². The van der Waals surface area contributed by atoms with Crippen LogP contribution in [-0.4, -0.2) is 20.2 Å². The highest BCUT2D eigenvalue weighted by atomic mass is 32.2. The second-order valence-electron chi connectivity index (χ2n) is 6.45. The molecule has 0 aliphatic carbocycles. The van der Waals surface area contributed by atoms with E-state index in [1.807, 2.05) is 24.3 Å². The first-order chi connectivity index (χ1) is 12.4. The van der Waals surface area contributed by atoms with E-state index in [9.17, 15) is 17.6 Å². The Hall–Kier alpha value is -2.73. The predicted molar refractivity (Wildman–Crippen MR) is 98.4 cm³/mol. The monoisotopic (exact) mass is 369 g/mol. The lowest BCUT2D eigenvalue weighted by atomic mass is 9.97. The number of hydrogen-bond donors (Lipinski definition) is 0. The maximum atomic E-state index is 13.8. The van der Waals surface area contributed by atoms with E-state index in [2.05, 4.69) is 0 Å². The zero-order valence-electron chi connectivity index (χ0n) is 14.0. The smallest absolute Gasteiger partial charge is 0.264 e. The van der Waals surface area contributed by atoms with E-state index in [-0.39, 0.29) is 28.4 Å². The third kappa shape index (κ3) is 2.57. The number of anilines is 1. The third-order valence-electron chi connectivity index (χ3n) is 4.66. The Bertz CT molecular complexity index is 1140. The Morgan fingerprint density at radius 2 is 1.73 bits per heavy atom. The molecule has 0 fully saturated rings. The first kappa shape index (κ1) is 16.7. The summed E-state index contributed by atoms with van der Waals surface area (Å²) in [5.41, 5.74) is 0.329. The van der Waals surface area contributed by atoms with E-state index in [0.717, 1.165) is 21.1 Å². The van der Waals surface area contributed by atoms with E-state index in [1.54, 1.807) is 25.1 Å². The number of rotatable bonds is 2. The molecule has 0 bridgehead atoms. The minimum atomic E-state index is -3.94. The zero-order valence-corrected chi connectivity index (χ0v) is 14.8. The highest BCUT2D eigenvalue weighted by Gasteiger charge is 2.37. The molecule has 0 unspecified atom stereocenters. The number of nitrogens with zero attached hydrogens (tertiary/aromatic N) is 1. The number of ketones is 1. The van der Waals surface area contributed by atoms with Gasteiger partial charge in [0.1, 0.15) is 5.82 Å². The summed E-state index contributed by atoms with van der Waals surface area (Å²) in [7, 11) is -3.94. The summed E-state index contributed by atoms with van der Waals surface area (Å²) in [6.45, 7) is 1.66. The van der Waals surface area contributed by atoms with Crippen molar-refractivity contribution >= 4 is 32.3 Å². The molecule has 132 valence electrons. The molecule has 6 heteroatoms. The molecule has 4 rings (SSSR count). The fraction of sp³-hybridized carbons (Fsp3) is 0.150. The fourth-order valence-corrected chi connectivity index (χ4v) is 5.13. The molecular weight excluding hydrogens is 353 g/mol. The van der Waals surface area contributed by atoms with Gasteiger partial charge in [0.2, 0.25) is 0 Å². The van der Waals surface area contributed by atoms with Crippen LogP contribution in [0.2, 0.25) is 0 Å². The van der Waals surface area contributed by atoms with Gasteiger partial charge in [0.25, 0.3) is 10.0 Å². The molecule has 0 N–H and O–H groups in total. The van der Waals surface area contributed by atoms with Crippen molar-refractivity contribution in [1.29, 1.82) is 0 Å². The van der Waals surface area contributed by atoms with Crippen molar-refractivity contribution in [2.24, 2.45) is 0 Å². The van der Waals surface area contributed by atoms with Gasteiger partial charge in [0, 0.05) is 18.0 Å². The van der Waals surface area contributed by atoms with Crippen molar-refractivity contribution in [3.63, 3.8) is 0 Å². The largest absolute Gasteiger partial charge is 0.294 e. The maximum absolute atomic E-state index is 13.8. The number of benzene rings is 3. The van der Waals surface area contributed by atoms with Gasteiger partial charge in [0.15, 0.2) is 5.78 Å². The highest BCUT2D eigenvalue weighted by Crippen LogP contribution is 2.36. The van der Waals surface area contributed by atoms with Crippen LogP contribution < -0.4 is 4.31 Å². The van der Waals surface area contributed by atoms with Crippen molar-refractivity contribution in [2.45, 2.75) is 24.3 Å². The highest BCUT2D eigenvalue weighted by molar-refractivity contribution is 7.92. The minimum absolute atomic E-state index is 0.0610. The van der Waals surface area contributed by atoms with E-state index in [1.165, 1.54) is 12.1 Å². The fourth-order valence-electron chi connectivity index (χ4n) is 3.43. The number of halogens is 1. The number of carbonyl (C=O) groups excluding carboxylic acids is 1. The molecule has 3 aromatic carbocycles. The molecule has 1 aliphatic rings. The molecule has 1 atom stereocenters. The van der Waals surface area contributed by atoms with Crippen LogP contribution in [0.4, 0.5) is 10.1 Å². The molecule has 0 spiro atoms. The second kappa shape index (κ2) is 5.92. The second-order valence-corrected chi connectivity index (χ2v) is 8.26. The number of Topliss-reactive ketones (excluding diaryl/α,β-unsaturated/α-hetero) is 1. The van der Waals surface area contributed by atoms with Gasteiger partial charge >= 0.3 is 0 Å². The van der Waals surface area contributed by atoms with E-state index in [0.29, 0.717) is 0 Å². The van der Waals surface area contributed by atoms with Gasteiger partial charge in [-0.1, -0.05) is 30.3 Å². The quantitative estimate of drug-likeness (QED) is 0.682. The topological polar surface area (TPSA) is 54.5 Å². The van der Waals surface area contributed by atoms with Crippen molar-refractivity contribution in [1.82, 2.24) is 0 Å². The summed E-state index contributed by atoms with van der Waals surface area (Å²) in [5, 5.41) is 1.73. The van der Waals surface area contributed by atoms with Gasteiger partial charge in [-0.3, -0.25) is 9.10 Å². The molecule has 1 aliphatic heterocycles. The molecule has 0 amide bonds. The number of carbonyl (C=O) groups is 1. The van der Waals surface area contributed by atoms with Crippen LogP contribution in [0.3, 0.4) is 0 Å². The Labute approximate surface area is 150 Å². The number of fused-ring (bicyclic) bond motifs is 2. The van der Waals surface area contributed by atoms with Crippen molar-refractivity contribution in [3.8, 4) is 0 Å². The van der Waals surface area contributed by atoms with Crippen LogP contribution in [0.15, 0.2) is 65.6 Å². The van der Waals surface area contributed by atoms with Gasteiger partial charge in [-0.15, -0.1) is 0 Å². The predicted octanol–water partition coefficient (Wildman–Crippen LogP) is 4.15. The van der Waals surface area contributed by atoms with Crippen LogP contribution >= 0.6 is 0 Å². The lowest BCUT2D eigenvalue weighted by molar-refractivity contribution is 0.0972. The van der Waals surface area contributed by atoms with Crippen LogP contribution in [0, 0.1) is 5.82 Å². The average molecular weight is 369 g/mol. The van der Waals surface area contributed by atoms with Gasteiger partial charge in [-0.05, 0) is 48.0 Å². The van der Waals surface area contributed by atoms with Crippen LogP contribution in [0.5, 0.6) is 0 Å². The summed E-state index contributed by atoms with van der Waals surface area (Å²) in [5.74, 6) is -0.762. The SMILES string of the molecule is C[C@@H]1CC(=O)c2ccc(F)cc2N1S(=O)(=O)c1ccc2ccccc2c1. The molecule has 0 saturated carbocycles. The molecular formula is C20H16FNO3S. The van der Waals surface area contributed by atoms with Crippen LogP contribution in [0.25, 0.3) is 10.8 Å². The molecule has 1 heterocycles. The Kier molecular flexibility index (Phi) is 3.80. The van der Waals surface area contributed by atoms with E-state index in [4.69, 9.17) is 0 Å². The summed E-state index contributed by atoms with van der Waals surface area (Å²) in [4.78, 5) is 12.4. The average Bonchev–Trinajstić information content (AvgIpc) is 2.60. The molecule has 0 saturated heterocycles. The molecule has 3 aromatic rings. The summed E-state index contributed by atoms with van der Waals surface area (Å²) in [6, 6.07) is 15.4. The van der Waals surface area contributed by atoms with Gasteiger partial charge in [0.05, 0.1) is 10.6 Å². The third-order valence-corrected chi connectivity index (χ3v) is 6.58. The molecule has 0 radical (unpaired) electrons. The number of sulfonamides is 1. The Morgan fingerprint density at radius 1 is 1.00 bits per heavy atom. The standard InChI is InChI=1S/C20H16FNO3S/c1-13-10-20(23)18-9-7-16(21)12-19(18)22(13)26(24,25)17-8-6-14-4-2-3-5-15(14)11-17/h2-9,11-13H,10H2,1H3/t13-/m1/s1. The summed E-state index contributed by atoms with van der Waals surface area (Å²) in [6.07, 6.45) is 0.0610. The van der Waals surface area contributed by atoms with Gasteiger partial charge in [-0.25, -0.2) is 12.8 Å². The van der Waals surface area contributed by atoms with Crippen molar-refractivity contribution in [2.75, 3.05) is 4.31 Å². The Balaban J connectivity index is 1.90. The van der Waals surface area contributed by atoms with E-state index >= 15 is 0 Å². The first-order valence-electron chi connectivity index (χ1n) is 8.24. The summed E-state index contributed by atoms with van der Waals surface area (Å²) >= 11 is 0. The molecule has 26 heavy (non-hydrogen) atoms. The molecule has 4 nitrogen and oxygen atoms in total. The van der Waals surface area contributed by atoms with Crippen molar-refractivity contribution in [3.05, 3.63) is 72.0 Å². The minimum Gasteiger partial charge on any atom is -0.294 e. The summed E-state index contributed by atoms with van der Waals surface area (Å²) < 4.78 is 41.6. The van der Waals surface area contributed by atoms with Crippen LogP contribution in [0.1, 0.15) is 23.7 Å². The lowest BCUT2D eigenvalue weighted by Gasteiger charge is -2.35. The van der Waals surface area contributed by atoms with Crippen LogP contribution in [-0.2, 0) is 10.0 Å². The van der Waals surface area contributed by atoms with Gasteiger partial charge in [-0.2, -0.15) is 0 Å². The normalized spacial score (nSPS) is 17.4. The Morgan fingerprint density at radius 3 is 2.50 bits per heavy atom. The zero-order chi connectivity index (χ0) is 18.5. The number of hydrogen-bond acceptors (Lipinski definition) is 3. The van der Waals surface area contributed by atoms with Gasteiger partial charge < -0.3 is 0 Å².